The molecule has 1 N–H and O–H groups in total. The van der Waals surface area contributed by atoms with Gasteiger partial charge in [-0.2, -0.15) is 0 Å². The first-order chi connectivity index (χ1) is 13.0. The topological polar surface area (TPSA) is 66.5 Å². The molecular formula is C19H18N2O3S3. The van der Waals surface area contributed by atoms with Crippen molar-refractivity contribution in [3.63, 3.8) is 0 Å². The molecule has 0 saturated carbocycles. The van der Waals surface area contributed by atoms with Crippen molar-refractivity contribution >= 4 is 50.4 Å². The van der Waals surface area contributed by atoms with Crippen molar-refractivity contribution < 1.29 is 13.2 Å². The van der Waals surface area contributed by atoms with Crippen molar-refractivity contribution in [2.75, 3.05) is 22.4 Å². The lowest BCUT2D eigenvalue weighted by atomic mass is 10.3. The summed E-state index contributed by atoms with van der Waals surface area (Å²) in [4.78, 5) is 12.3. The lowest BCUT2D eigenvalue weighted by molar-refractivity contribution is -0.113. The SMILES string of the molecule is CN(c1ccccc1)S(=O)(=O)c1cccc(NC(=O)CSc2cccs2)c1. The average Bonchev–Trinajstić information content (AvgIpc) is 3.20. The van der Waals surface area contributed by atoms with Crippen molar-refractivity contribution in [2.45, 2.75) is 9.10 Å². The second kappa shape index (κ2) is 8.60. The van der Waals surface area contributed by atoms with Gasteiger partial charge in [0, 0.05) is 12.7 Å². The van der Waals surface area contributed by atoms with Crippen LogP contribution in [0.2, 0.25) is 0 Å². The van der Waals surface area contributed by atoms with E-state index in [-0.39, 0.29) is 16.6 Å². The van der Waals surface area contributed by atoms with E-state index >= 15 is 0 Å². The zero-order valence-corrected chi connectivity index (χ0v) is 17.0. The molecule has 27 heavy (non-hydrogen) atoms. The molecule has 3 aromatic rings. The summed E-state index contributed by atoms with van der Waals surface area (Å²) in [7, 11) is -2.21. The van der Waals surface area contributed by atoms with Gasteiger partial charge in [0.2, 0.25) is 5.91 Å². The Balaban J connectivity index is 1.71. The zero-order valence-electron chi connectivity index (χ0n) is 14.5. The second-order valence-corrected chi connectivity index (χ2v) is 9.80. The number of nitrogens with zero attached hydrogens (tertiary/aromatic N) is 1. The highest BCUT2D eigenvalue weighted by Crippen LogP contribution is 2.25. The molecule has 0 aliphatic carbocycles. The summed E-state index contributed by atoms with van der Waals surface area (Å²) in [6.07, 6.45) is 0. The first kappa shape index (κ1) is 19.5. The van der Waals surface area contributed by atoms with E-state index < -0.39 is 10.0 Å². The van der Waals surface area contributed by atoms with E-state index in [1.807, 2.05) is 23.6 Å². The maximum Gasteiger partial charge on any atom is 0.264 e. The third-order valence-electron chi connectivity index (χ3n) is 3.74. The molecular weight excluding hydrogens is 400 g/mol. The van der Waals surface area contributed by atoms with Crippen molar-refractivity contribution in [2.24, 2.45) is 0 Å². The fourth-order valence-corrected chi connectivity index (χ4v) is 5.17. The number of para-hydroxylation sites is 1. The number of anilines is 2. The van der Waals surface area contributed by atoms with Crippen LogP contribution in [-0.2, 0) is 14.8 Å². The third-order valence-corrected chi connectivity index (χ3v) is 7.65. The van der Waals surface area contributed by atoms with E-state index in [9.17, 15) is 13.2 Å². The molecule has 8 heteroatoms. The van der Waals surface area contributed by atoms with Crippen LogP contribution in [0.5, 0.6) is 0 Å². The van der Waals surface area contributed by atoms with E-state index in [0.717, 1.165) is 4.21 Å². The normalized spacial score (nSPS) is 11.1. The molecule has 0 spiro atoms. The average molecular weight is 419 g/mol. The Labute approximate surface area is 167 Å². The summed E-state index contributed by atoms with van der Waals surface area (Å²) >= 11 is 3.02. The number of hydrogen-bond acceptors (Lipinski definition) is 5. The number of thioether (sulfide) groups is 1. The quantitative estimate of drug-likeness (QED) is 0.581. The molecule has 2 aromatic carbocycles. The number of thiophene rings is 1. The van der Waals surface area contributed by atoms with Gasteiger partial charge in [0.25, 0.3) is 10.0 Å². The summed E-state index contributed by atoms with van der Waals surface area (Å²) in [6, 6.07) is 19.0. The van der Waals surface area contributed by atoms with Gasteiger partial charge in [-0.15, -0.1) is 23.1 Å². The van der Waals surface area contributed by atoms with E-state index in [0.29, 0.717) is 11.4 Å². The Hall–Kier alpha value is -2.29. The molecule has 0 atom stereocenters. The molecule has 0 bridgehead atoms. The van der Waals surface area contributed by atoms with Gasteiger partial charge in [-0.3, -0.25) is 9.10 Å². The van der Waals surface area contributed by atoms with Crippen molar-refractivity contribution in [3.05, 3.63) is 72.1 Å². The fourth-order valence-electron chi connectivity index (χ4n) is 2.35. The Kier molecular flexibility index (Phi) is 6.20. The van der Waals surface area contributed by atoms with E-state index in [1.54, 1.807) is 47.7 Å². The standard InChI is InChI=1S/C19H18N2O3S3/c1-21(16-8-3-2-4-9-16)27(23,24)17-10-5-7-15(13-17)20-18(22)14-26-19-11-6-12-25-19/h2-13H,14H2,1H3,(H,20,22). The van der Waals surface area contributed by atoms with Crippen LogP contribution in [0.4, 0.5) is 11.4 Å². The first-order valence-electron chi connectivity index (χ1n) is 8.07. The minimum atomic E-state index is -3.72. The van der Waals surface area contributed by atoms with Crippen molar-refractivity contribution in [3.8, 4) is 0 Å². The molecule has 0 aliphatic heterocycles. The van der Waals surface area contributed by atoms with Crippen molar-refractivity contribution in [1.29, 1.82) is 0 Å². The van der Waals surface area contributed by atoms with Crippen LogP contribution in [0.15, 0.2) is 81.2 Å². The Bertz CT molecular complexity index is 1000. The maximum absolute atomic E-state index is 12.9. The Morgan fingerprint density at radius 2 is 1.85 bits per heavy atom. The molecule has 0 radical (unpaired) electrons. The molecule has 5 nitrogen and oxygen atoms in total. The highest BCUT2D eigenvalue weighted by molar-refractivity contribution is 8.01. The summed E-state index contributed by atoms with van der Waals surface area (Å²) in [6.45, 7) is 0. The summed E-state index contributed by atoms with van der Waals surface area (Å²) in [5, 5.41) is 4.71. The van der Waals surface area contributed by atoms with Gasteiger partial charge in [-0.1, -0.05) is 30.3 Å². The van der Waals surface area contributed by atoms with Gasteiger partial charge < -0.3 is 5.32 Å². The van der Waals surface area contributed by atoms with Gasteiger partial charge in [-0.05, 0) is 41.8 Å². The van der Waals surface area contributed by atoms with Crippen LogP contribution in [0.3, 0.4) is 0 Å². The van der Waals surface area contributed by atoms with Crippen LogP contribution in [-0.4, -0.2) is 27.1 Å². The number of amides is 1. The molecule has 1 aromatic heterocycles. The Morgan fingerprint density at radius 1 is 1.07 bits per heavy atom. The zero-order chi connectivity index (χ0) is 19.3. The molecule has 0 fully saturated rings. The van der Waals surface area contributed by atoms with Crippen LogP contribution < -0.4 is 9.62 Å². The van der Waals surface area contributed by atoms with Gasteiger partial charge in [-0.25, -0.2) is 8.42 Å². The second-order valence-electron chi connectivity index (χ2n) is 5.60. The fraction of sp³-hybridized carbons (Fsp3) is 0.105. The number of carbonyl (C=O) groups excluding carboxylic acids is 1. The highest BCUT2D eigenvalue weighted by atomic mass is 32.2. The summed E-state index contributed by atoms with van der Waals surface area (Å²) in [5.41, 5.74) is 1.02. The Morgan fingerprint density at radius 3 is 2.56 bits per heavy atom. The minimum Gasteiger partial charge on any atom is -0.325 e. The van der Waals surface area contributed by atoms with Crippen LogP contribution in [0.1, 0.15) is 0 Å². The van der Waals surface area contributed by atoms with Crippen LogP contribution >= 0.6 is 23.1 Å². The summed E-state index contributed by atoms with van der Waals surface area (Å²) in [5.74, 6) is 0.0841. The molecule has 140 valence electrons. The lowest BCUT2D eigenvalue weighted by Crippen LogP contribution is -2.26. The largest absolute Gasteiger partial charge is 0.325 e. The smallest absolute Gasteiger partial charge is 0.264 e. The molecule has 0 aliphatic rings. The maximum atomic E-state index is 12.9. The van der Waals surface area contributed by atoms with Gasteiger partial charge >= 0.3 is 0 Å². The van der Waals surface area contributed by atoms with Crippen LogP contribution in [0.25, 0.3) is 0 Å². The third kappa shape index (κ3) is 4.91. The number of sulfonamides is 1. The van der Waals surface area contributed by atoms with Crippen LogP contribution in [0, 0.1) is 0 Å². The number of nitrogens with one attached hydrogen (secondary N) is 1. The molecule has 3 rings (SSSR count). The van der Waals surface area contributed by atoms with Gasteiger partial charge in [0.1, 0.15) is 0 Å². The molecule has 1 heterocycles. The van der Waals surface area contributed by atoms with E-state index in [4.69, 9.17) is 0 Å². The number of benzene rings is 2. The lowest BCUT2D eigenvalue weighted by Gasteiger charge is -2.19. The first-order valence-corrected chi connectivity index (χ1v) is 11.4. The number of hydrogen-bond donors (Lipinski definition) is 1. The van der Waals surface area contributed by atoms with E-state index in [2.05, 4.69) is 5.32 Å². The summed E-state index contributed by atoms with van der Waals surface area (Å²) < 4.78 is 28.0. The van der Waals surface area contributed by atoms with Gasteiger partial charge in [0.15, 0.2) is 0 Å². The minimum absolute atomic E-state index is 0.123. The van der Waals surface area contributed by atoms with E-state index in [1.165, 1.54) is 35.2 Å². The predicted molar refractivity (Wildman–Crippen MR) is 112 cm³/mol. The van der Waals surface area contributed by atoms with Gasteiger partial charge in [0.05, 0.1) is 20.5 Å². The number of carbonyl (C=O) groups is 1. The number of rotatable bonds is 7. The highest BCUT2D eigenvalue weighted by Gasteiger charge is 2.21. The monoisotopic (exact) mass is 418 g/mol. The predicted octanol–water partition coefficient (Wildman–Crippen LogP) is 4.30. The molecule has 0 saturated heterocycles. The molecule has 1 amide bonds. The van der Waals surface area contributed by atoms with Crippen molar-refractivity contribution in [1.82, 2.24) is 0 Å². The molecule has 0 unspecified atom stereocenters.